The number of methoxy groups -OCH3 is 1. The Morgan fingerprint density at radius 3 is 2.69 bits per heavy atom. The molecule has 0 aliphatic carbocycles. The van der Waals surface area contributed by atoms with Gasteiger partial charge in [0.25, 0.3) is 5.91 Å². The van der Waals surface area contributed by atoms with Gasteiger partial charge < -0.3 is 19.5 Å². The summed E-state index contributed by atoms with van der Waals surface area (Å²) >= 11 is 13.1. The van der Waals surface area contributed by atoms with Gasteiger partial charge in [0, 0.05) is 35.5 Å². The molecule has 1 aromatic heterocycles. The molecule has 2 heterocycles. The zero-order valence-corrected chi connectivity index (χ0v) is 20.5. The van der Waals surface area contributed by atoms with Crippen molar-refractivity contribution in [3.05, 3.63) is 55.7 Å². The first kappa shape index (κ1) is 24.8. The lowest BCUT2D eigenvalue weighted by Crippen LogP contribution is -2.38. The Morgan fingerprint density at radius 2 is 2.03 bits per heavy atom. The van der Waals surface area contributed by atoms with E-state index in [0.717, 1.165) is 35.2 Å². The Balaban J connectivity index is 1.96. The molecule has 174 valence electrons. The number of hydrogen-bond acceptors (Lipinski definition) is 5. The topological polar surface area (TPSA) is 71.9 Å². The molecule has 0 fully saturated rings. The number of benzene rings is 1. The molecule has 2 aromatic rings. The highest BCUT2D eigenvalue weighted by Crippen LogP contribution is 2.38. The van der Waals surface area contributed by atoms with Gasteiger partial charge in [0.1, 0.15) is 6.10 Å². The molecule has 0 saturated carbocycles. The van der Waals surface area contributed by atoms with Crippen molar-refractivity contribution in [1.82, 2.24) is 9.88 Å². The van der Waals surface area contributed by atoms with Crippen LogP contribution in [0.3, 0.4) is 0 Å². The number of aliphatic hydroxyl groups excluding tert-OH is 1. The molecule has 0 spiro atoms. The lowest BCUT2D eigenvalue weighted by Gasteiger charge is -2.32. The first-order valence-corrected chi connectivity index (χ1v) is 11.6. The van der Waals surface area contributed by atoms with Crippen LogP contribution in [0.25, 0.3) is 0 Å². The van der Waals surface area contributed by atoms with Crippen molar-refractivity contribution in [1.29, 1.82) is 0 Å². The number of aliphatic hydroxyl groups is 1. The zero-order chi connectivity index (χ0) is 23.4. The normalized spacial score (nSPS) is 14.5. The standard InChI is InChI=1S/C24H30Cl2N2O4/c1-5-6-9-32-23-18(14(2)10-15(3)27-23)12-28-8-7-16-19(25)11-17(20(13-29)31-4)22(26)21(16)24(28)30/h10-11,20,29H,5-9,12-13H2,1-4H3. The third-order valence-electron chi connectivity index (χ3n) is 5.80. The highest BCUT2D eigenvalue weighted by molar-refractivity contribution is 6.37. The van der Waals surface area contributed by atoms with Gasteiger partial charge >= 0.3 is 0 Å². The number of ether oxygens (including phenoxy) is 2. The van der Waals surface area contributed by atoms with E-state index < -0.39 is 6.10 Å². The third kappa shape index (κ3) is 5.04. The van der Waals surface area contributed by atoms with Crippen molar-refractivity contribution in [3.63, 3.8) is 0 Å². The fourth-order valence-corrected chi connectivity index (χ4v) is 4.66. The minimum absolute atomic E-state index is 0.202. The van der Waals surface area contributed by atoms with Crippen molar-refractivity contribution in [3.8, 4) is 5.88 Å². The molecule has 1 atom stereocenters. The minimum Gasteiger partial charge on any atom is -0.477 e. The molecule has 0 saturated heterocycles. The maximum atomic E-state index is 13.5. The van der Waals surface area contributed by atoms with Crippen LogP contribution in [0.2, 0.25) is 10.0 Å². The lowest BCUT2D eigenvalue weighted by atomic mass is 9.94. The molecule has 1 aromatic carbocycles. The van der Waals surface area contributed by atoms with Crippen LogP contribution in [-0.2, 0) is 17.7 Å². The van der Waals surface area contributed by atoms with Crippen molar-refractivity contribution >= 4 is 29.1 Å². The minimum atomic E-state index is -0.657. The molecule has 1 N–H and O–H groups in total. The second-order valence-electron chi connectivity index (χ2n) is 8.07. The Morgan fingerprint density at radius 1 is 1.28 bits per heavy atom. The second kappa shape index (κ2) is 10.8. The van der Waals surface area contributed by atoms with Gasteiger partial charge in [-0.3, -0.25) is 4.79 Å². The maximum Gasteiger partial charge on any atom is 0.256 e. The summed E-state index contributed by atoms with van der Waals surface area (Å²) in [6.07, 6.45) is 1.89. The maximum absolute atomic E-state index is 13.5. The van der Waals surface area contributed by atoms with Gasteiger partial charge in [-0.1, -0.05) is 36.5 Å². The first-order valence-electron chi connectivity index (χ1n) is 10.9. The van der Waals surface area contributed by atoms with E-state index in [2.05, 4.69) is 11.9 Å². The number of hydrogen-bond donors (Lipinski definition) is 1. The number of nitrogens with zero attached hydrogens (tertiary/aromatic N) is 2. The third-order valence-corrected chi connectivity index (χ3v) is 6.54. The Labute approximate surface area is 199 Å². The molecule has 0 radical (unpaired) electrons. The largest absolute Gasteiger partial charge is 0.477 e. The summed E-state index contributed by atoms with van der Waals surface area (Å²) in [5.74, 6) is 0.374. The van der Waals surface area contributed by atoms with E-state index in [0.29, 0.717) is 48.1 Å². The zero-order valence-electron chi connectivity index (χ0n) is 19.0. The molecule has 0 bridgehead atoms. The number of carbonyl (C=O) groups is 1. The number of aromatic nitrogens is 1. The van der Waals surface area contributed by atoms with E-state index in [1.165, 1.54) is 7.11 Å². The highest BCUT2D eigenvalue weighted by atomic mass is 35.5. The molecule has 8 heteroatoms. The van der Waals surface area contributed by atoms with E-state index in [9.17, 15) is 9.90 Å². The Hall–Kier alpha value is -1.86. The number of fused-ring (bicyclic) bond motifs is 1. The molecule has 1 aliphatic heterocycles. The number of carbonyl (C=O) groups excluding carboxylic acids is 1. The van der Waals surface area contributed by atoms with Gasteiger partial charge in [-0.05, 0) is 49.9 Å². The number of halogens is 2. The average Bonchev–Trinajstić information content (AvgIpc) is 2.75. The van der Waals surface area contributed by atoms with E-state index >= 15 is 0 Å². The van der Waals surface area contributed by atoms with Gasteiger partial charge in [0.2, 0.25) is 5.88 Å². The highest BCUT2D eigenvalue weighted by Gasteiger charge is 2.32. The fraction of sp³-hybridized carbons (Fsp3) is 0.500. The number of amides is 1. The van der Waals surface area contributed by atoms with Crippen LogP contribution >= 0.6 is 23.2 Å². The SMILES string of the molecule is CCCCOc1nc(C)cc(C)c1CN1CCc2c(Cl)cc(C(CO)OC)c(Cl)c2C1=O. The molecule has 1 unspecified atom stereocenters. The summed E-state index contributed by atoms with van der Waals surface area (Å²) in [6.45, 7) is 7.24. The van der Waals surface area contributed by atoms with Gasteiger partial charge in [0.05, 0.1) is 30.3 Å². The summed E-state index contributed by atoms with van der Waals surface area (Å²) in [5, 5.41) is 10.4. The molecular weight excluding hydrogens is 451 g/mol. The van der Waals surface area contributed by atoms with Crippen LogP contribution in [0.5, 0.6) is 5.88 Å². The van der Waals surface area contributed by atoms with E-state index in [1.54, 1.807) is 11.0 Å². The quantitative estimate of drug-likeness (QED) is 0.507. The molecule has 1 amide bonds. The summed E-state index contributed by atoms with van der Waals surface area (Å²) < 4.78 is 11.3. The molecule has 1 aliphatic rings. The predicted octanol–water partition coefficient (Wildman–Crippen LogP) is 5.06. The molecule has 3 rings (SSSR count). The van der Waals surface area contributed by atoms with Crippen LogP contribution in [-0.4, -0.2) is 47.8 Å². The molecular formula is C24H30Cl2N2O4. The van der Waals surface area contributed by atoms with E-state index in [1.807, 2.05) is 19.9 Å². The van der Waals surface area contributed by atoms with Crippen molar-refractivity contribution < 1.29 is 19.4 Å². The summed E-state index contributed by atoms with van der Waals surface area (Å²) in [6, 6.07) is 3.68. The van der Waals surface area contributed by atoms with Crippen LogP contribution in [0.1, 0.15) is 64.2 Å². The lowest BCUT2D eigenvalue weighted by molar-refractivity contribution is 0.0482. The van der Waals surface area contributed by atoms with Crippen LogP contribution in [0.4, 0.5) is 0 Å². The summed E-state index contributed by atoms with van der Waals surface area (Å²) in [7, 11) is 1.48. The smallest absolute Gasteiger partial charge is 0.256 e. The van der Waals surface area contributed by atoms with E-state index in [4.69, 9.17) is 32.7 Å². The number of rotatable bonds is 9. The van der Waals surface area contributed by atoms with Crippen LogP contribution in [0, 0.1) is 13.8 Å². The molecule has 32 heavy (non-hydrogen) atoms. The van der Waals surface area contributed by atoms with Crippen molar-refractivity contribution in [2.45, 2.75) is 52.7 Å². The summed E-state index contributed by atoms with van der Waals surface area (Å²) in [4.78, 5) is 19.8. The van der Waals surface area contributed by atoms with Gasteiger partial charge in [0.15, 0.2) is 0 Å². The van der Waals surface area contributed by atoms with E-state index in [-0.39, 0.29) is 17.5 Å². The van der Waals surface area contributed by atoms with Crippen molar-refractivity contribution in [2.24, 2.45) is 0 Å². The van der Waals surface area contributed by atoms with Crippen LogP contribution < -0.4 is 4.74 Å². The first-order chi connectivity index (χ1) is 15.3. The summed E-state index contributed by atoms with van der Waals surface area (Å²) in [5.41, 5.74) is 4.41. The van der Waals surface area contributed by atoms with Gasteiger partial charge in [-0.15, -0.1) is 0 Å². The van der Waals surface area contributed by atoms with Crippen molar-refractivity contribution in [2.75, 3.05) is 26.9 Å². The fourth-order valence-electron chi connectivity index (χ4n) is 3.99. The number of unbranched alkanes of at least 4 members (excludes halogenated alkanes) is 1. The predicted molar refractivity (Wildman–Crippen MR) is 126 cm³/mol. The Bertz CT molecular complexity index is 993. The number of pyridine rings is 1. The monoisotopic (exact) mass is 480 g/mol. The number of aryl methyl sites for hydroxylation is 2. The van der Waals surface area contributed by atoms with Gasteiger partial charge in [-0.2, -0.15) is 0 Å². The second-order valence-corrected chi connectivity index (χ2v) is 8.85. The Kier molecular flexibility index (Phi) is 8.39. The van der Waals surface area contributed by atoms with Crippen LogP contribution in [0.15, 0.2) is 12.1 Å². The average molecular weight is 481 g/mol. The van der Waals surface area contributed by atoms with Gasteiger partial charge in [-0.25, -0.2) is 4.98 Å². The molecule has 6 nitrogen and oxygen atoms in total.